The molecule has 1 N–H and O–H groups in total. The van der Waals surface area contributed by atoms with Crippen LogP contribution in [0.2, 0.25) is 0 Å². The number of H-pyrrole nitrogens is 1. The molecule has 0 amide bonds. The maximum atomic E-state index is 10.7. The van der Waals surface area contributed by atoms with Crippen LogP contribution in [0, 0.1) is 10.1 Å². The van der Waals surface area contributed by atoms with Gasteiger partial charge in [0, 0.05) is 12.1 Å². The first-order valence-corrected chi connectivity index (χ1v) is 5.89. The molecule has 7 nitrogen and oxygen atoms in total. The summed E-state index contributed by atoms with van der Waals surface area (Å²) in [6, 6.07) is 15.7. The molecule has 1 heterocycles. The zero-order valence-corrected chi connectivity index (χ0v) is 11.4. The van der Waals surface area contributed by atoms with Crippen LogP contribution in [0.4, 0.5) is 5.69 Å². The predicted octanol–water partition coefficient (Wildman–Crippen LogP) is -1.34. The van der Waals surface area contributed by atoms with Crippen molar-refractivity contribution in [1.29, 1.82) is 0 Å². The molecule has 3 aromatic rings. The second-order valence-electron chi connectivity index (χ2n) is 4.10. The normalized spacial score (nSPS) is 9.90. The fourth-order valence-electron chi connectivity index (χ4n) is 1.88. The van der Waals surface area contributed by atoms with Gasteiger partial charge in [0.1, 0.15) is 10.8 Å². The SMILES string of the molecule is O=[N+]([O-])c1ccc(-[n+]2[nH]nnc2-c2ccccc2)cc1.[Cl-]. The van der Waals surface area contributed by atoms with Crippen LogP contribution >= 0.6 is 0 Å². The summed E-state index contributed by atoms with van der Waals surface area (Å²) in [7, 11) is 0. The summed E-state index contributed by atoms with van der Waals surface area (Å²) in [5.74, 6) is 0.638. The lowest BCUT2D eigenvalue weighted by molar-refractivity contribution is -0.649. The Morgan fingerprint density at radius 1 is 1.05 bits per heavy atom. The molecule has 0 bridgehead atoms. The molecule has 0 atom stereocenters. The van der Waals surface area contributed by atoms with Crippen molar-refractivity contribution in [1.82, 2.24) is 15.5 Å². The van der Waals surface area contributed by atoms with E-state index in [0.717, 1.165) is 11.3 Å². The predicted molar refractivity (Wildman–Crippen MR) is 70.0 cm³/mol. The van der Waals surface area contributed by atoms with Crippen molar-refractivity contribution in [2.45, 2.75) is 0 Å². The van der Waals surface area contributed by atoms with Gasteiger partial charge in [0.2, 0.25) is 0 Å². The number of nitrogens with zero attached hydrogens (tertiary/aromatic N) is 4. The van der Waals surface area contributed by atoms with Gasteiger partial charge < -0.3 is 12.4 Å². The number of rotatable bonds is 3. The van der Waals surface area contributed by atoms with Crippen LogP contribution in [-0.2, 0) is 0 Å². The lowest BCUT2D eigenvalue weighted by Gasteiger charge is -1.98. The van der Waals surface area contributed by atoms with Crippen LogP contribution in [0.25, 0.3) is 17.1 Å². The Hall–Kier alpha value is -2.80. The number of nitro groups is 1. The molecular formula is C13H10ClN5O2. The maximum absolute atomic E-state index is 10.7. The standard InChI is InChI=1S/C13H9N5O2.ClH/c19-18(20)12-8-6-11(7-9-12)17-13(14-15-16-17)10-4-2-1-3-5-10;/h1-9H;1H. The Kier molecular flexibility index (Phi) is 4.24. The lowest BCUT2D eigenvalue weighted by atomic mass is 10.2. The average Bonchev–Trinajstić information content (AvgIpc) is 2.97. The largest absolute Gasteiger partial charge is 1.00 e. The summed E-state index contributed by atoms with van der Waals surface area (Å²) < 4.78 is 1.67. The van der Waals surface area contributed by atoms with Crippen LogP contribution in [0.5, 0.6) is 0 Å². The Morgan fingerprint density at radius 3 is 2.33 bits per heavy atom. The molecule has 0 saturated carbocycles. The first-order valence-electron chi connectivity index (χ1n) is 5.89. The topological polar surface area (TPSA) is 88.6 Å². The molecule has 0 fully saturated rings. The van der Waals surface area contributed by atoms with E-state index in [-0.39, 0.29) is 18.1 Å². The van der Waals surface area contributed by atoms with Crippen LogP contribution < -0.4 is 17.1 Å². The highest BCUT2D eigenvalue weighted by molar-refractivity contribution is 5.51. The van der Waals surface area contributed by atoms with Gasteiger partial charge in [-0.1, -0.05) is 23.4 Å². The molecule has 0 unspecified atom stereocenters. The zero-order valence-electron chi connectivity index (χ0n) is 10.7. The van der Waals surface area contributed by atoms with Crippen molar-refractivity contribution in [3.05, 3.63) is 64.7 Å². The number of hydrogen-bond acceptors (Lipinski definition) is 4. The number of nitro benzene ring substituents is 1. The van der Waals surface area contributed by atoms with Crippen LogP contribution in [0.3, 0.4) is 0 Å². The zero-order chi connectivity index (χ0) is 13.9. The van der Waals surface area contributed by atoms with Gasteiger partial charge in [-0.2, -0.15) is 0 Å². The van der Waals surface area contributed by atoms with Gasteiger partial charge in [0.15, 0.2) is 5.21 Å². The molecule has 21 heavy (non-hydrogen) atoms. The summed E-state index contributed by atoms with van der Waals surface area (Å²) in [4.78, 5) is 10.2. The highest BCUT2D eigenvalue weighted by Gasteiger charge is 2.18. The Morgan fingerprint density at radius 2 is 1.71 bits per heavy atom. The number of non-ortho nitro benzene ring substituents is 1. The van der Waals surface area contributed by atoms with Crippen molar-refractivity contribution in [3.8, 4) is 17.1 Å². The average molecular weight is 304 g/mol. The molecule has 0 radical (unpaired) electrons. The second kappa shape index (κ2) is 6.10. The minimum absolute atomic E-state index is 0. The van der Waals surface area contributed by atoms with E-state index < -0.39 is 4.92 Å². The third-order valence-electron chi connectivity index (χ3n) is 2.85. The minimum atomic E-state index is -0.433. The van der Waals surface area contributed by atoms with Gasteiger partial charge in [-0.05, 0) is 24.3 Å². The molecule has 0 aliphatic carbocycles. The van der Waals surface area contributed by atoms with Crippen LogP contribution in [-0.4, -0.2) is 20.4 Å². The molecule has 0 spiro atoms. The number of aromatic nitrogens is 4. The monoisotopic (exact) mass is 303 g/mol. The Labute approximate surface area is 125 Å². The third-order valence-corrected chi connectivity index (χ3v) is 2.85. The van der Waals surface area contributed by atoms with Crippen molar-refractivity contribution in [2.24, 2.45) is 0 Å². The van der Waals surface area contributed by atoms with E-state index in [1.54, 1.807) is 16.8 Å². The van der Waals surface area contributed by atoms with E-state index in [4.69, 9.17) is 0 Å². The van der Waals surface area contributed by atoms with Gasteiger partial charge in [-0.25, -0.2) is 0 Å². The van der Waals surface area contributed by atoms with E-state index in [1.807, 2.05) is 30.3 Å². The number of aromatic amines is 1. The summed E-state index contributed by atoms with van der Waals surface area (Å²) >= 11 is 0. The van der Waals surface area contributed by atoms with E-state index in [0.29, 0.717) is 5.82 Å². The molecule has 3 rings (SSSR count). The maximum Gasteiger partial charge on any atom is 0.337 e. The molecule has 106 valence electrons. The summed E-state index contributed by atoms with van der Waals surface area (Å²) in [6.45, 7) is 0. The number of benzene rings is 2. The van der Waals surface area contributed by atoms with E-state index in [9.17, 15) is 10.1 Å². The number of tetrazole rings is 1. The number of nitrogens with one attached hydrogen (secondary N) is 1. The van der Waals surface area contributed by atoms with Crippen molar-refractivity contribution in [3.63, 3.8) is 0 Å². The third kappa shape index (κ3) is 2.87. The first kappa shape index (κ1) is 14.6. The van der Waals surface area contributed by atoms with Crippen LogP contribution in [0.1, 0.15) is 0 Å². The van der Waals surface area contributed by atoms with E-state index >= 15 is 0 Å². The van der Waals surface area contributed by atoms with Gasteiger partial charge >= 0.3 is 5.82 Å². The number of hydrogen-bond donors (Lipinski definition) is 1. The van der Waals surface area contributed by atoms with Gasteiger partial charge in [0.05, 0.1) is 10.5 Å². The van der Waals surface area contributed by atoms with Crippen LogP contribution in [0.15, 0.2) is 54.6 Å². The quantitative estimate of drug-likeness (QED) is 0.368. The fourth-order valence-corrected chi connectivity index (χ4v) is 1.88. The molecule has 1 aromatic heterocycles. The fraction of sp³-hybridized carbons (Fsp3) is 0. The van der Waals surface area contributed by atoms with Crippen molar-refractivity contribution < 1.29 is 22.0 Å². The van der Waals surface area contributed by atoms with E-state index in [1.165, 1.54) is 12.1 Å². The Balaban J connectivity index is 0.00000161. The van der Waals surface area contributed by atoms with Gasteiger partial charge in [-0.15, -0.1) is 4.68 Å². The smallest absolute Gasteiger partial charge is 0.337 e. The molecular weight excluding hydrogens is 294 g/mol. The summed E-state index contributed by atoms with van der Waals surface area (Å²) in [5.41, 5.74) is 1.67. The first-order chi connectivity index (χ1) is 9.75. The van der Waals surface area contributed by atoms with Crippen molar-refractivity contribution >= 4 is 5.69 Å². The second-order valence-corrected chi connectivity index (χ2v) is 4.10. The molecule has 0 saturated heterocycles. The molecule has 2 aromatic carbocycles. The van der Waals surface area contributed by atoms with Crippen molar-refractivity contribution in [2.75, 3.05) is 0 Å². The molecule has 0 aliphatic rings. The van der Waals surface area contributed by atoms with E-state index in [2.05, 4.69) is 15.5 Å². The Bertz CT molecular complexity index is 743. The highest BCUT2D eigenvalue weighted by Crippen LogP contribution is 2.15. The number of halogens is 1. The molecule has 0 aliphatic heterocycles. The van der Waals surface area contributed by atoms with Gasteiger partial charge in [0.25, 0.3) is 5.69 Å². The lowest BCUT2D eigenvalue weighted by Crippen LogP contribution is -3.00. The summed E-state index contributed by atoms with van der Waals surface area (Å²) in [5, 5.41) is 21.2. The highest BCUT2D eigenvalue weighted by atomic mass is 35.5. The molecule has 8 heteroatoms. The van der Waals surface area contributed by atoms with Gasteiger partial charge in [-0.3, -0.25) is 10.1 Å². The minimum Gasteiger partial charge on any atom is -1.00 e. The summed E-state index contributed by atoms with van der Waals surface area (Å²) in [6.07, 6.45) is 0.